The van der Waals surface area contributed by atoms with Gasteiger partial charge in [-0.1, -0.05) is 28.9 Å². The molecule has 7 heteroatoms. The maximum Gasteiger partial charge on any atom is 0.248 e. The van der Waals surface area contributed by atoms with E-state index in [1.807, 2.05) is 6.92 Å². The molecule has 32 heavy (non-hydrogen) atoms. The number of nitrogens with one attached hydrogen (secondary N) is 1. The van der Waals surface area contributed by atoms with Crippen molar-refractivity contribution < 1.29 is 29.0 Å². The predicted octanol–water partition coefficient (Wildman–Crippen LogP) is 3.47. The molecule has 0 aromatic carbocycles. The van der Waals surface area contributed by atoms with Crippen molar-refractivity contribution >= 4 is 17.5 Å². The molecule has 1 amide bonds. The number of ketones is 2. The monoisotopic (exact) mass is 445 g/mol. The summed E-state index contributed by atoms with van der Waals surface area (Å²) in [6.45, 7) is 8.47. The number of carbonyl (C=O) groups excluding carboxylic acids is 3. The molecule has 0 bridgehead atoms. The van der Waals surface area contributed by atoms with Crippen molar-refractivity contribution in [3.8, 4) is 0 Å². The Kier molecular flexibility index (Phi) is 12.9. The molecule has 1 rings (SSSR count). The lowest BCUT2D eigenvalue weighted by atomic mass is 10.1. The molecule has 0 radical (unpaired) electrons. The van der Waals surface area contributed by atoms with Crippen molar-refractivity contribution in [1.29, 1.82) is 0 Å². The third-order valence-electron chi connectivity index (χ3n) is 4.52. The lowest BCUT2D eigenvalue weighted by Crippen LogP contribution is -2.29. The van der Waals surface area contributed by atoms with E-state index in [2.05, 4.69) is 38.2 Å². The second-order valence-corrected chi connectivity index (χ2v) is 7.87. The van der Waals surface area contributed by atoms with Crippen LogP contribution in [-0.2, 0) is 23.9 Å². The van der Waals surface area contributed by atoms with Gasteiger partial charge in [-0.3, -0.25) is 14.4 Å². The van der Waals surface area contributed by atoms with E-state index >= 15 is 0 Å². The van der Waals surface area contributed by atoms with Gasteiger partial charge in [-0.25, -0.2) is 0 Å². The zero-order chi connectivity index (χ0) is 23.9. The fourth-order valence-corrected chi connectivity index (χ4v) is 2.83. The van der Waals surface area contributed by atoms with Gasteiger partial charge in [0.2, 0.25) is 17.5 Å². The van der Waals surface area contributed by atoms with Gasteiger partial charge in [0.25, 0.3) is 0 Å². The molecule has 2 N–H and O–H groups in total. The average Bonchev–Trinajstić information content (AvgIpc) is 2.70. The van der Waals surface area contributed by atoms with Gasteiger partial charge in [-0.15, -0.1) is 0 Å². The maximum atomic E-state index is 12.2. The van der Waals surface area contributed by atoms with Gasteiger partial charge in [0.1, 0.15) is 6.61 Å². The van der Waals surface area contributed by atoms with E-state index in [9.17, 15) is 14.4 Å². The Balaban J connectivity index is 2.48. The smallest absolute Gasteiger partial charge is 0.248 e. The van der Waals surface area contributed by atoms with Gasteiger partial charge in [-0.05, 0) is 53.4 Å². The van der Waals surface area contributed by atoms with Crippen molar-refractivity contribution in [3.63, 3.8) is 0 Å². The van der Waals surface area contributed by atoms with Crippen molar-refractivity contribution in [3.05, 3.63) is 58.6 Å². The van der Waals surface area contributed by atoms with Crippen LogP contribution in [0.1, 0.15) is 53.4 Å². The van der Waals surface area contributed by atoms with Crippen LogP contribution in [0.4, 0.5) is 0 Å². The number of ether oxygens (including phenoxy) is 2. The average molecular weight is 446 g/mol. The third-order valence-corrected chi connectivity index (χ3v) is 4.52. The highest BCUT2D eigenvalue weighted by Crippen LogP contribution is 2.13. The van der Waals surface area contributed by atoms with Gasteiger partial charge in [0.15, 0.2) is 5.76 Å². The van der Waals surface area contributed by atoms with Crippen LogP contribution >= 0.6 is 0 Å². The number of carbonyl (C=O) groups is 3. The van der Waals surface area contributed by atoms with Crippen LogP contribution in [0.2, 0.25) is 0 Å². The molecule has 1 aliphatic rings. The van der Waals surface area contributed by atoms with Crippen molar-refractivity contribution in [2.45, 2.75) is 53.4 Å². The molecule has 0 spiro atoms. The van der Waals surface area contributed by atoms with E-state index in [1.54, 1.807) is 0 Å². The first-order valence-electron chi connectivity index (χ1n) is 10.8. The first-order valence-corrected chi connectivity index (χ1v) is 10.8. The summed E-state index contributed by atoms with van der Waals surface area (Å²) in [7, 11) is 0. The van der Waals surface area contributed by atoms with E-state index in [-0.39, 0.29) is 37.9 Å². The zero-order valence-corrected chi connectivity index (χ0v) is 19.5. The summed E-state index contributed by atoms with van der Waals surface area (Å²) in [6.07, 6.45) is 11.6. The molecule has 176 valence electrons. The van der Waals surface area contributed by atoms with Gasteiger partial charge in [0.05, 0.1) is 25.5 Å². The minimum atomic E-state index is -0.509. The Labute approximate surface area is 190 Å². The molecule has 1 aliphatic carbocycles. The predicted molar refractivity (Wildman–Crippen MR) is 124 cm³/mol. The van der Waals surface area contributed by atoms with Gasteiger partial charge < -0.3 is 19.9 Å². The first-order chi connectivity index (χ1) is 15.2. The summed E-state index contributed by atoms with van der Waals surface area (Å²) < 4.78 is 10.3. The third kappa shape index (κ3) is 11.6. The molecular formula is C25H35NO6. The number of hydrogen-bond acceptors (Lipinski definition) is 6. The Bertz CT molecular complexity index is 825. The SMILES string of the molecule is CC(C)=CCCC(C)=CCCC(C)=CC(=O)NC1=CC(=O)C(OCCOCCO)=CC1=O. The van der Waals surface area contributed by atoms with Crippen LogP contribution < -0.4 is 5.32 Å². The number of aliphatic hydroxyl groups is 1. The number of hydrogen-bond donors (Lipinski definition) is 2. The molecule has 0 fully saturated rings. The molecule has 0 aromatic heterocycles. The lowest BCUT2D eigenvalue weighted by Gasteiger charge is -2.14. The van der Waals surface area contributed by atoms with E-state index in [0.717, 1.165) is 43.4 Å². The summed E-state index contributed by atoms with van der Waals surface area (Å²) in [6, 6.07) is 0. The van der Waals surface area contributed by atoms with E-state index in [4.69, 9.17) is 14.6 Å². The fourth-order valence-electron chi connectivity index (χ4n) is 2.83. The van der Waals surface area contributed by atoms with Crippen LogP contribution in [0.3, 0.4) is 0 Å². The summed E-state index contributed by atoms with van der Waals surface area (Å²) in [5, 5.41) is 11.1. The van der Waals surface area contributed by atoms with Crippen LogP contribution in [0, 0.1) is 0 Å². The number of amides is 1. The zero-order valence-electron chi connectivity index (χ0n) is 19.5. The molecule has 0 saturated heterocycles. The van der Waals surface area contributed by atoms with Crippen LogP contribution in [-0.4, -0.2) is 49.0 Å². The van der Waals surface area contributed by atoms with Gasteiger partial charge >= 0.3 is 0 Å². The van der Waals surface area contributed by atoms with Crippen LogP contribution in [0.25, 0.3) is 0 Å². The minimum Gasteiger partial charge on any atom is -0.487 e. The Morgan fingerprint density at radius 2 is 1.62 bits per heavy atom. The molecule has 0 aromatic rings. The number of aliphatic hydroxyl groups excluding tert-OH is 1. The molecule has 0 atom stereocenters. The highest BCUT2D eigenvalue weighted by atomic mass is 16.5. The van der Waals surface area contributed by atoms with Crippen LogP contribution in [0.15, 0.2) is 58.6 Å². The summed E-state index contributed by atoms with van der Waals surface area (Å²) in [4.78, 5) is 36.5. The molecule has 0 saturated carbocycles. The van der Waals surface area contributed by atoms with Crippen molar-refractivity contribution in [2.75, 3.05) is 26.4 Å². The van der Waals surface area contributed by atoms with Crippen molar-refractivity contribution in [1.82, 2.24) is 5.32 Å². The Morgan fingerprint density at radius 3 is 2.31 bits per heavy atom. The van der Waals surface area contributed by atoms with Crippen molar-refractivity contribution in [2.24, 2.45) is 0 Å². The summed E-state index contributed by atoms with van der Waals surface area (Å²) in [5.74, 6) is -1.56. The lowest BCUT2D eigenvalue weighted by molar-refractivity contribution is -0.120. The van der Waals surface area contributed by atoms with E-state index in [0.29, 0.717) is 0 Å². The largest absolute Gasteiger partial charge is 0.487 e. The second kappa shape index (κ2) is 15.1. The quantitative estimate of drug-likeness (QED) is 0.184. The summed E-state index contributed by atoms with van der Waals surface area (Å²) >= 11 is 0. The highest BCUT2D eigenvalue weighted by Gasteiger charge is 2.22. The van der Waals surface area contributed by atoms with E-state index < -0.39 is 17.5 Å². The second-order valence-electron chi connectivity index (χ2n) is 7.87. The highest BCUT2D eigenvalue weighted by molar-refractivity contribution is 6.20. The molecule has 0 aliphatic heterocycles. The Hall–Kier alpha value is -2.77. The summed E-state index contributed by atoms with van der Waals surface area (Å²) in [5.41, 5.74) is 3.44. The normalized spacial score (nSPS) is 14.7. The molecule has 0 unspecified atom stereocenters. The topological polar surface area (TPSA) is 102 Å². The standard InChI is InChI=1S/C25H35NO6/c1-18(2)7-5-8-19(3)9-6-10-20(4)15-25(30)26-21-16-23(29)24(17-22(21)28)32-14-13-31-12-11-27/h7,9,15-17,27H,5-6,8,10-14H2,1-4H3,(H,26,30). The number of rotatable bonds is 14. The molecular weight excluding hydrogens is 410 g/mol. The Morgan fingerprint density at radius 1 is 0.938 bits per heavy atom. The molecule has 7 nitrogen and oxygen atoms in total. The maximum absolute atomic E-state index is 12.2. The first kappa shape index (κ1) is 27.3. The fraction of sp³-hybridized carbons (Fsp3) is 0.480. The molecule has 0 heterocycles. The van der Waals surface area contributed by atoms with E-state index in [1.165, 1.54) is 17.2 Å². The number of allylic oxidation sites excluding steroid dienone is 7. The minimum absolute atomic E-state index is 0.0746. The van der Waals surface area contributed by atoms with Gasteiger partial charge in [0, 0.05) is 18.2 Å². The van der Waals surface area contributed by atoms with Gasteiger partial charge in [-0.2, -0.15) is 0 Å². The van der Waals surface area contributed by atoms with Crippen LogP contribution in [0.5, 0.6) is 0 Å².